The molecule has 1 aromatic heterocycles. The molecule has 0 aliphatic heterocycles. The van der Waals surface area contributed by atoms with Crippen LogP contribution in [-0.4, -0.2) is 49.6 Å². The first kappa shape index (κ1) is 20.6. The number of nitrogens with zero attached hydrogens (tertiary/aromatic N) is 3. The average Bonchev–Trinajstić information content (AvgIpc) is 3.21. The van der Waals surface area contributed by atoms with Gasteiger partial charge in [-0.25, -0.2) is 0 Å². The second-order valence-electron chi connectivity index (χ2n) is 6.10. The zero-order chi connectivity index (χ0) is 19.3. The minimum absolute atomic E-state index is 0.760. The predicted octanol–water partition coefficient (Wildman–Crippen LogP) is 2.48. The predicted molar refractivity (Wildman–Crippen MR) is 109 cm³/mol. The molecule has 1 heterocycles. The highest BCUT2D eigenvalue weighted by atomic mass is 16.5. The van der Waals surface area contributed by atoms with Crippen molar-refractivity contribution in [1.82, 2.24) is 20.4 Å². The lowest BCUT2D eigenvalue weighted by Crippen LogP contribution is -2.38. The van der Waals surface area contributed by atoms with Gasteiger partial charge in [0.15, 0.2) is 17.5 Å². The minimum atomic E-state index is 0.760. The van der Waals surface area contributed by atoms with E-state index in [1.807, 2.05) is 29.1 Å². The number of benzene rings is 1. The Kier molecular flexibility index (Phi) is 9.03. The Labute approximate surface area is 161 Å². The van der Waals surface area contributed by atoms with Gasteiger partial charge in [-0.05, 0) is 49.9 Å². The minimum Gasteiger partial charge on any atom is -0.493 e. The molecule has 0 aliphatic carbocycles. The molecule has 1 aromatic carbocycles. The summed E-state index contributed by atoms with van der Waals surface area (Å²) in [6.45, 7) is 5.44. The molecule has 0 bridgehead atoms. The molecule has 0 unspecified atom stereocenters. The van der Waals surface area contributed by atoms with Crippen molar-refractivity contribution in [2.75, 3.05) is 33.9 Å². The van der Waals surface area contributed by atoms with E-state index >= 15 is 0 Å². The Bertz CT molecular complexity index is 686. The maximum atomic E-state index is 5.36. The Morgan fingerprint density at radius 3 is 2.70 bits per heavy atom. The van der Waals surface area contributed by atoms with Gasteiger partial charge in [0.05, 0.1) is 14.2 Å². The van der Waals surface area contributed by atoms with Crippen LogP contribution in [0.25, 0.3) is 0 Å². The molecule has 0 radical (unpaired) electrons. The van der Waals surface area contributed by atoms with Gasteiger partial charge in [0, 0.05) is 38.6 Å². The van der Waals surface area contributed by atoms with Gasteiger partial charge in [0.1, 0.15) is 0 Å². The van der Waals surface area contributed by atoms with Crippen LogP contribution in [0.2, 0.25) is 0 Å². The lowest BCUT2D eigenvalue weighted by Gasteiger charge is -2.12. The summed E-state index contributed by atoms with van der Waals surface area (Å²) in [5.41, 5.74) is 1.23. The van der Waals surface area contributed by atoms with Crippen molar-refractivity contribution in [3.8, 4) is 11.5 Å². The molecule has 2 rings (SSSR count). The van der Waals surface area contributed by atoms with E-state index in [9.17, 15) is 0 Å². The topological polar surface area (TPSA) is 72.7 Å². The molecule has 148 valence electrons. The van der Waals surface area contributed by atoms with Crippen LogP contribution in [0, 0.1) is 0 Å². The summed E-state index contributed by atoms with van der Waals surface area (Å²) in [6, 6.07) is 8.00. The summed E-state index contributed by atoms with van der Waals surface area (Å²) >= 11 is 0. The molecular formula is C20H31N5O2. The van der Waals surface area contributed by atoms with E-state index in [-0.39, 0.29) is 0 Å². The number of hydrogen-bond acceptors (Lipinski definition) is 4. The third-order valence-corrected chi connectivity index (χ3v) is 4.10. The highest BCUT2D eigenvalue weighted by molar-refractivity contribution is 5.79. The molecule has 0 aliphatic rings. The van der Waals surface area contributed by atoms with Crippen molar-refractivity contribution >= 4 is 5.96 Å². The van der Waals surface area contributed by atoms with E-state index in [1.165, 1.54) is 5.56 Å². The van der Waals surface area contributed by atoms with Crippen molar-refractivity contribution < 1.29 is 9.47 Å². The summed E-state index contributed by atoms with van der Waals surface area (Å²) in [5.74, 6) is 2.40. The number of hydrogen-bond donors (Lipinski definition) is 2. The molecule has 0 atom stereocenters. The van der Waals surface area contributed by atoms with Gasteiger partial charge in [0.25, 0.3) is 0 Å². The molecular weight excluding hydrogens is 342 g/mol. The van der Waals surface area contributed by atoms with Crippen LogP contribution in [0.1, 0.15) is 25.3 Å². The highest BCUT2D eigenvalue weighted by Crippen LogP contribution is 2.27. The molecule has 0 spiro atoms. The van der Waals surface area contributed by atoms with Crippen LogP contribution < -0.4 is 20.1 Å². The van der Waals surface area contributed by atoms with Gasteiger partial charge < -0.3 is 20.1 Å². The van der Waals surface area contributed by atoms with Gasteiger partial charge in [-0.3, -0.25) is 9.67 Å². The van der Waals surface area contributed by atoms with E-state index in [2.05, 4.69) is 33.7 Å². The summed E-state index contributed by atoms with van der Waals surface area (Å²) in [4.78, 5) is 4.62. The number of aryl methyl sites for hydroxylation is 2. The molecule has 27 heavy (non-hydrogen) atoms. The van der Waals surface area contributed by atoms with Crippen LogP contribution in [0.5, 0.6) is 11.5 Å². The third-order valence-electron chi connectivity index (χ3n) is 4.10. The summed E-state index contributed by atoms with van der Waals surface area (Å²) < 4.78 is 12.6. The fourth-order valence-corrected chi connectivity index (χ4v) is 2.73. The monoisotopic (exact) mass is 373 g/mol. The van der Waals surface area contributed by atoms with Gasteiger partial charge in [-0.2, -0.15) is 5.10 Å². The highest BCUT2D eigenvalue weighted by Gasteiger charge is 2.04. The van der Waals surface area contributed by atoms with E-state index in [1.54, 1.807) is 20.4 Å². The van der Waals surface area contributed by atoms with Crippen molar-refractivity contribution in [3.05, 3.63) is 42.2 Å². The van der Waals surface area contributed by atoms with Crippen LogP contribution in [-0.2, 0) is 13.0 Å². The van der Waals surface area contributed by atoms with Gasteiger partial charge in [0.2, 0.25) is 0 Å². The standard InChI is InChI=1S/C20H31N5O2/c1-4-21-20(23-12-6-14-25-15-7-13-24-25)22-11-5-8-17-9-10-18(26-2)19(16-17)27-3/h7,9-10,13,15-16H,4-6,8,11-12,14H2,1-3H3,(H2,21,22,23). The summed E-state index contributed by atoms with van der Waals surface area (Å²) in [7, 11) is 3.31. The second kappa shape index (κ2) is 11.8. The zero-order valence-electron chi connectivity index (χ0n) is 16.6. The maximum Gasteiger partial charge on any atom is 0.191 e. The van der Waals surface area contributed by atoms with Gasteiger partial charge >= 0.3 is 0 Å². The van der Waals surface area contributed by atoms with E-state index < -0.39 is 0 Å². The van der Waals surface area contributed by atoms with Crippen LogP contribution in [0.15, 0.2) is 41.7 Å². The fraction of sp³-hybridized carbons (Fsp3) is 0.500. The lowest BCUT2D eigenvalue weighted by atomic mass is 10.1. The number of guanidine groups is 1. The van der Waals surface area contributed by atoms with Crippen molar-refractivity contribution in [2.45, 2.75) is 32.7 Å². The first-order valence-electron chi connectivity index (χ1n) is 9.47. The Morgan fingerprint density at radius 2 is 2.00 bits per heavy atom. The number of rotatable bonds is 11. The molecule has 2 aromatic rings. The van der Waals surface area contributed by atoms with Crippen molar-refractivity contribution in [1.29, 1.82) is 0 Å². The smallest absolute Gasteiger partial charge is 0.191 e. The lowest BCUT2D eigenvalue weighted by molar-refractivity contribution is 0.354. The summed E-state index contributed by atoms with van der Waals surface area (Å²) in [5, 5.41) is 10.9. The van der Waals surface area contributed by atoms with Crippen molar-refractivity contribution in [2.24, 2.45) is 4.99 Å². The van der Waals surface area contributed by atoms with Crippen LogP contribution >= 0.6 is 0 Å². The molecule has 0 amide bonds. The molecule has 0 saturated heterocycles. The Morgan fingerprint density at radius 1 is 1.15 bits per heavy atom. The molecule has 2 N–H and O–H groups in total. The number of aliphatic imine (C=N–C) groups is 1. The molecule has 7 nitrogen and oxygen atoms in total. The quantitative estimate of drug-likeness (QED) is 0.360. The maximum absolute atomic E-state index is 5.36. The second-order valence-corrected chi connectivity index (χ2v) is 6.10. The Balaban J connectivity index is 1.72. The van der Waals surface area contributed by atoms with Crippen LogP contribution in [0.4, 0.5) is 0 Å². The van der Waals surface area contributed by atoms with Crippen molar-refractivity contribution in [3.63, 3.8) is 0 Å². The summed E-state index contributed by atoms with van der Waals surface area (Å²) in [6.07, 6.45) is 6.71. The normalized spacial score (nSPS) is 11.3. The zero-order valence-corrected chi connectivity index (χ0v) is 16.6. The first-order chi connectivity index (χ1) is 13.3. The average molecular weight is 374 g/mol. The number of methoxy groups -OCH3 is 2. The number of ether oxygens (including phenoxy) is 2. The fourth-order valence-electron chi connectivity index (χ4n) is 2.73. The van der Waals surface area contributed by atoms with Gasteiger partial charge in [-0.1, -0.05) is 6.07 Å². The van der Waals surface area contributed by atoms with E-state index in [0.717, 1.165) is 62.9 Å². The number of aromatic nitrogens is 2. The van der Waals surface area contributed by atoms with E-state index in [4.69, 9.17) is 9.47 Å². The van der Waals surface area contributed by atoms with Crippen LogP contribution in [0.3, 0.4) is 0 Å². The third kappa shape index (κ3) is 7.21. The van der Waals surface area contributed by atoms with Gasteiger partial charge in [-0.15, -0.1) is 0 Å². The molecule has 7 heteroatoms. The largest absolute Gasteiger partial charge is 0.493 e. The molecule has 0 fully saturated rings. The first-order valence-corrected chi connectivity index (χ1v) is 9.47. The SMILES string of the molecule is CCNC(=NCCCn1cccn1)NCCCc1ccc(OC)c(OC)c1. The Hall–Kier alpha value is -2.70. The van der Waals surface area contributed by atoms with E-state index in [0.29, 0.717) is 0 Å². The molecule has 0 saturated carbocycles. The number of nitrogens with one attached hydrogen (secondary N) is 2.